The Morgan fingerprint density at radius 1 is 1.22 bits per heavy atom. The first-order valence-corrected chi connectivity index (χ1v) is 7.48. The number of rotatable bonds is 2. The molecule has 1 aliphatic carbocycles. The number of sulfonamides is 1. The first kappa shape index (κ1) is 13.0. The number of benzene rings is 1. The summed E-state index contributed by atoms with van der Waals surface area (Å²) in [5, 5.41) is 0. The lowest BCUT2D eigenvalue weighted by molar-refractivity contribution is 0.595. The molecule has 18 heavy (non-hydrogen) atoms. The van der Waals surface area contributed by atoms with Crippen molar-refractivity contribution in [2.75, 3.05) is 0 Å². The maximum atomic E-state index is 12.1. The predicted octanol–water partition coefficient (Wildman–Crippen LogP) is 3.11. The number of nitrogens with zero attached hydrogens (tertiary/aromatic N) is 1. The molecule has 0 bridgehead atoms. The average Bonchev–Trinajstić information content (AvgIpc) is 2.29. The Hall–Kier alpha value is -1.42. The molecule has 4 heteroatoms. The van der Waals surface area contributed by atoms with Gasteiger partial charge in [0.05, 0.1) is 10.6 Å². The van der Waals surface area contributed by atoms with Gasteiger partial charge in [-0.3, -0.25) is 0 Å². The van der Waals surface area contributed by atoms with Crippen molar-refractivity contribution in [2.24, 2.45) is 10.3 Å². The fraction of sp³-hybridized carbons (Fsp3) is 0.357. The summed E-state index contributed by atoms with van der Waals surface area (Å²) in [7, 11) is -3.56. The third kappa shape index (κ3) is 3.07. The Bertz CT molecular complexity index is 583. The summed E-state index contributed by atoms with van der Waals surface area (Å²) in [6, 6.07) is 6.77. The largest absolute Gasteiger partial charge is 0.282 e. The highest BCUT2D eigenvalue weighted by Crippen LogP contribution is 2.19. The van der Waals surface area contributed by atoms with E-state index in [1.54, 1.807) is 24.3 Å². The van der Waals surface area contributed by atoms with Crippen LogP contribution in [-0.2, 0) is 10.0 Å². The van der Waals surface area contributed by atoms with Crippen molar-refractivity contribution in [3.05, 3.63) is 42.0 Å². The molecular weight excluding hydrogens is 246 g/mol. The minimum atomic E-state index is -3.56. The highest BCUT2D eigenvalue weighted by atomic mass is 32.2. The Morgan fingerprint density at radius 2 is 1.89 bits per heavy atom. The van der Waals surface area contributed by atoms with Gasteiger partial charge in [0.2, 0.25) is 0 Å². The van der Waals surface area contributed by atoms with Crippen LogP contribution in [0.15, 0.2) is 45.7 Å². The van der Waals surface area contributed by atoms with E-state index in [1.165, 1.54) is 0 Å². The van der Waals surface area contributed by atoms with Gasteiger partial charge >= 0.3 is 0 Å². The first-order valence-electron chi connectivity index (χ1n) is 6.04. The van der Waals surface area contributed by atoms with Gasteiger partial charge in [0.25, 0.3) is 10.0 Å². The van der Waals surface area contributed by atoms with E-state index in [-0.39, 0.29) is 4.90 Å². The van der Waals surface area contributed by atoms with E-state index in [1.807, 2.05) is 19.1 Å². The molecule has 3 nitrogen and oxygen atoms in total. The Kier molecular flexibility index (Phi) is 3.66. The van der Waals surface area contributed by atoms with Gasteiger partial charge in [0, 0.05) is 0 Å². The Balaban J connectivity index is 2.32. The summed E-state index contributed by atoms with van der Waals surface area (Å²) in [6.07, 6.45) is 5.51. The first-order chi connectivity index (χ1) is 8.47. The van der Waals surface area contributed by atoms with Crippen LogP contribution in [0, 0.1) is 12.8 Å². The third-order valence-electron chi connectivity index (χ3n) is 2.96. The van der Waals surface area contributed by atoms with Crippen molar-refractivity contribution in [1.82, 2.24) is 0 Å². The molecular formula is C14H17NO2S. The highest BCUT2D eigenvalue weighted by molar-refractivity contribution is 7.90. The molecule has 0 amide bonds. The molecule has 0 saturated heterocycles. The zero-order chi connectivity index (χ0) is 13.2. The van der Waals surface area contributed by atoms with Crippen LogP contribution in [0.2, 0.25) is 0 Å². The van der Waals surface area contributed by atoms with Crippen LogP contribution < -0.4 is 0 Å². The molecule has 0 heterocycles. The number of hydrogen-bond acceptors (Lipinski definition) is 2. The van der Waals surface area contributed by atoms with Crippen molar-refractivity contribution >= 4 is 15.7 Å². The topological polar surface area (TPSA) is 46.5 Å². The minimum absolute atomic E-state index is 0.257. The molecule has 96 valence electrons. The van der Waals surface area contributed by atoms with Crippen molar-refractivity contribution in [1.29, 1.82) is 0 Å². The molecule has 1 unspecified atom stereocenters. The minimum Gasteiger partial charge on any atom is -0.199 e. The van der Waals surface area contributed by atoms with Gasteiger partial charge in [0.15, 0.2) is 0 Å². The maximum Gasteiger partial charge on any atom is 0.282 e. The van der Waals surface area contributed by atoms with Crippen LogP contribution in [0.1, 0.15) is 25.3 Å². The summed E-state index contributed by atoms with van der Waals surface area (Å²) >= 11 is 0. The third-order valence-corrected chi connectivity index (χ3v) is 4.31. The Morgan fingerprint density at radius 3 is 2.50 bits per heavy atom. The van der Waals surface area contributed by atoms with Crippen LogP contribution in [0.5, 0.6) is 0 Å². The molecule has 0 saturated carbocycles. The van der Waals surface area contributed by atoms with Crippen LogP contribution >= 0.6 is 0 Å². The summed E-state index contributed by atoms with van der Waals surface area (Å²) in [5.74, 6) is 0.460. The van der Waals surface area contributed by atoms with Gasteiger partial charge in [-0.15, -0.1) is 0 Å². The SMILES string of the molecule is Cc1ccc(S(=O)(=O)/N=C2/C=CCC(C)C2)cc1. The molecule has 0 fully saturated rings. The lowest BCUT2D eigenvalue weighted by Crippen LogP contribution is -2.10. The van der Waals surface area contributed by atoms with Crippen molar-refractivity contribution in [3.63, 3.8) is 0 Å². The van der Waals surface area contributed by atoms with E-state index < -0.39 is 10.0 Å². The molecule has 0 radical (unpaired) electrons. The molecule has 1 aliphatic rings. The number of hydrogen-bond donors (Lipinski definition) is 0. The number of allylic oxidation sites excluding steroid dienone is 2. The van der Waals surface area contributed by atoms with Crippen molar-refractivity contribution in [2.45, 2.75) is 31.6 Å². The number of aryl methyl sites for hydroxylation is 1. The fourth-order valence-corrected chi connectivity index (χ4v) is 2.96. The summed E-state index contributed by atoms with van der Waals surface area (Å²) in [6.45, 7) is 4.02. The second-order valence-corrected chi connectivity index (χ2v) is 6.42. The molecule has 0 spiro atoms. The monoisotopic (exact) mass is 263 g/mol. The summed E-state index contributed by atoms with van der Waals surface area (Å²) in [5.41, 5.74) is 1.68. The quantitative estimate of drug-likeness (QED) is 0.823. The molecule has 0 N–H and O–H groups in total. The van der Waals surface area contributed by atoms with E-state index in [4.69, 9.17) is 0 Å². The van der Waals surface area contributed by atoms with Crippen LogP contribution in [-0.4, -0.2) is 14.1 Å². The molecule has 0 aromatic heterocycles. The van der Waals surface area contributed by atoms with Crippen molar-refractivity contribution < 1.29 is 8.42 Å². The van der Waals surface area contributed by atoms with Crippen molar-refractivity contribution in [3.8, 4) is 0 Å². The smallest absolute Gasteiger partial charge is 0.199 e. The predicted molar refractivity (Wildman–Crippen MR) is 73.3 cm³/mol. The van der Waals surface area contributed by atoms with Gasteiger partial charge in [0.1, 0.15) is 0 Å². The lowest BCUT2D eigenvalue weighted by Gasteiger charge is -2.13. The van der Waals surface area contributed by atoms with E-state index in [9.17, 15) is 8.42 Å². The van der Waals surface area contributed by atoms with Gasteiger partial charge in [-0.25, -0.2) is 0 Å². The molecule has 1 atom stereocenters. The second kappa shape index (κ2) is 5.06. The molecule has 1 aromatic rings. The molecule has 2 rings (SSSR count). The summed E-state index contributed by atoms with van der Waals surface area (Å²) < 4.78 is 28.1. The Labute approximate surface area is 108 Å². The summed E-state index contributed by atoms with van der Waals surface area (Å²) in [4.78, 5) is 0.257. The fourth-order valence-electron chi connectivity index (χ4n) is 1.93. The van der Waals surface area contributed by atoms with Crippen LogP contribution in [0.4, 0.5) is 0 Å². The maximum absolute atomic E-state index is 12.1. The van der Waals surface area contributed by atoms with Crippen LogP contribution in [0.3, 0.4) is 0 Å². The van der Waals surface area contributed by atoms with Gasteiger partial charge < -0.3 is 0 Å². The molecule has 1 aromatic carbocycles. The van der Waals surface area contributed by atoms with E-state index in [2.05, 4.69) is 11.3 Å². The zero-order valence-electron chi connectivity index (χ0n) is 10.6. The highest BCUT2D eigenvalue weighted by Gasteiger charge is 2.16. The van der Waals surface area contributed by atoms with Crippen LogP contribution in [0.25, 0.3) is 0 Å². The standard InChI is InChI=1S/C14H17NO2S/c1-11-6-8-14(9-7-11)18(16,17)15-13-5-3-4-12(2)10-13/h3,5-9,12H,4,10H2,1-2H3/b15-13-. The van der Waals surface area contributed by atoms with E-state index in [0.717, 1.165) is 18.4 Å². The normalized spacial score (nSPS) is 22.3. The van der Waals surface area contributed by atoms with Gasteiger partial charge in [-0.1, -0.05) is 30.7 Å². The second-order valence-electron chi connectivity index (χ2n) is 4.82. The van der Waals surface area contributed by atoms with Gasteiger partial charge in [-0.2, -0.15) is 12.8 Å². The lowest BCUT2D eigenvalue weighted by atomic mass is 9.95. The average molecular weight is 263 g/mol. The van der Waals surface area contributed by atoms with E-state index in [0.29, 0.717) is 11.6 Å². The zero-order valence-corrected chi connectivity index (χ0v) is 11.4. The molecule has 0 aliphatic heterocycles. The van der Waals surface area contributed by atoms with Gasteiger partial charge in [-0.05, 0) is 43.9 Å². The van der Waals surface area contributed by atoms with E-state index >= 15 is 0 Å².